The van der Waals surface area contributed by atoms with Gasteiger partial charge in [-0.2, -0.15) is 0 Å². The number of nitrogens with one attached hydrogen (secondary N) is 1. The molecule has 1 atom stereocenters. The van der Waals surface area contributed by atoms with Crippen molar-refractivity contribution in [2.24, 2.45) is 0 Å². The highest BCUT2D eigenvalue weighted by molar-refractivity contribution is 6.42. The molecular weight excluding hydrogens is 437 g/mol. The Morgan fingerprint density at radius 1 is 1.07 bits per heavy atom. The van der Waals surface area contributed by atoms with E-state index in [0.717, 1.165) is 10.5 Å². The van der Waals surface area contributed by atoms with Gasteiger partial charge in [-0.1, -0.05) is 40.9 Å². The smallest absolute Gasteiger partial charge is 0.325 e. The lowest BCUT2D eigenvalue weighted by Gasteiger charge is -2.22. The molecule has 29 heavy (non-hydrogen) atoms. The van der Waals surface area contributed by atoms with Gasteiger partial charge in [0.25, 0.3) is 5.91 Å². The van der Waals surface area contributed by atoms with Gasteiger partial charge in [0.2, 0.25) is 5.89 Å². The Kier molecular flexibility index (Phi) is 5.02. The van der Waals surface area contributed by atoms with Crippen molar-refractivity contribution < 1.29 is 14.0 Å². The molecule has 148 valence electrons. The normalized spacial score (nSPS) is 19.0. The fraction of sp³-hybridized carbons (Fsp3) is 0.150. The molecule has 0 saturated carbocycles. The van der Waals surface area contributed by atoms with Crippen LogP contribution in [-0.2, 0) is 16.9 Å². The summed E-state index contributed by atoms with van der Waals surface area (Å²) in [6, 6.07) is 11.3. The summed E-state index contributed by atoms with van der Waals surface area (Å²) in [5.41, 5.74) is 0.457. The summed E-state index contributed by atoms with van der Waals surface area (Å²) in [5.74, 6) is -0.0482. The average molecular weight is 451 g/mol. The molecule has 9 heteroatoms. The lowest BCUT2D eigenvalue weighted by molar-refractivity contribution is -0.131. The highest BCUT2D eigenvalue weighted by atomic mass is 35.5. The maximum Gasteiger partial charge on any atom is 0.325 e. The molecule has 1 fully saturated rings. The molecule has 1 aliphatic heterocycles. The van der Waals surface area contributed by atoms with E-state index in [1.807, 2.05) is 0 Å². The molecule has 2 heterocycles. The van der Waals surface area contributed by atoms with Crippen molar-refractivity contribution in [2.45, 2.75) is 19.0 Å². The van der Waals surface area contributed by atoms with Crippen LogP contribution in [0.15, 0.2) is 53.1 Å². The van der Waals surface area contributed by atoms with Crippen LogP contribution in [0.1, 0.15) is 18.2 Å². The van der Waals surface area contributed by atoms with Gasteiger partial charge in [0.15, 0.2) is 0 Å². The van der Waals surface area contributed by atoms with Gasteiger partial charge in [-0.25, -0.2) is 9.78 Å². The topological polar surface area (TPSA) is 75.4 Å². The second-order valence-electron chi connectivity index (χ2n) is 6.73. The van der Waals surface area contributed by atoms with Crippen LogP contribution >= 0.6 is 34.8 Å². The van der Waals surface area contributed by atoms with Crippen molar-refractivity contribution in [3.05, 3.63) is 75.1 Å². The van der Waals surface area contributed by atoms with Gasteiger partial charge in [0.1, 0.15) is 11.8 Å². The monoisotopic (exact) mass is 449 g/mol. The SMILES string of the molecule is CC1(c2ccc(Cl)c(Cl)c2)NC(=O)N(Cc2coc(-c3ccc(Cl)cc3)n2)C1=O. The molecule has 0 bridgehead atoms. The first-order valence-electron chi connectivity index (χ1n) is 8.58. The molecule has 1 N–H and O–H groups in total. The van der Waals surface area contributed by atoms with Gasteiger partial charge >= 0.3 is 6.03 Å². The minimum Gasteiger partial charge on any atom is -0.444 e. The Balaban J connectivity index is 1.57. The van der Waals surface area contributed by atoms with E-state index in [-0.39, 0.29) is 6.54 Å². The van der Waals surface area contributed by atoms with Gasteiger partial charge in [-0.3, -0.25) is 9.69 Å². The van der Waals surface area contributed by atoms with E-state index in [4.69, 9.17) is 39.2 Å². The predicted octanol–water partition coefficient (Wildman–Crippen LogP) is 5.27. The number of halogens is 3. The first-order chi connectivity index (χ1) is 13.8. The molecule has 0 aliphatic carbocycles. The molecule has 6 nitrogen and oxygen atoms in total. The maximum atomic E-state index is 13.0. The van der Waals surface area contributed by atoms with E-state index < -0.39 is 17.5 Å². The van der Waals surface area contributed by atoms with E-state index in [1.54, 1.807) is 49.4 Å². The van der Waals surface area contributed by atoms with Crippen LogP contribution in [0.2, 0.25) is 15.1 Å². The summed E-state index contributed by atoms with van der Waals surface area (Å²) in [7, 11) is 0. The molecule has 4 rings (SSSR count). The van der Waals surface area contributed by atoms with E-state index in [2.05, 4.69) is 10.3 Å². The number of nitrogens with zero attached hydrogens (tertiary/aromatic N) is 2. The number of carbonyl (C=O) groups is 2. The quantitative estimate of drug-likeness (QED) is 0.550. The number of oxazole rings is 1. The number of aromatic nitrogens is 1. The van der Waals surface area contributed by atoms with E-state index in [0.29, 0.717) is 32.2 Å². The number of carbonyl (C=O) groups excluding carboxylic acids is 2. The number of urea groups is 1. The molecule has 1 aromatic heterocycles. The Morgan fingerprint density at radius 2 is 1.79 bits per heavy atom. The number of rotatable bonds is 4. The van der Waals surface area contributed by atoms with Crippen LogP contribution in [-0.4, -0.2) is 21.8 Å². The van der Waals surface area contributed by atoms with Crippen LogP contribution in [0.4, 0.5) is 4.79 Å². The molecule has 1 aliphatic rings. The Labute approximate surface area is 181 Å². The zero-order chi connectivity index (χ0) is 20.8. The summed E-state index contributed by atoms with van der Waals surface area (Å²) in [6.45, 7) is 1.59. The van der Waals surface area contributed by atoms with Crippen molar-refractivity contribution in [2.75, 3.05) is 0 Å². The van der Waals surface area contributed by atoms with Crippen molar-refractivity contribution in [3.8, 4) is 11.5 Å². The Hall–Kier alpha value is -2.54. The number of benzene rings is 2. The lowest BCUT2D eigenvalue weighted by atomic mass is 9.92. The fourth-order valence-corrected chi connectivity index (χ4v) is 3.53. The molecular formula is C20H14Cl3N3O3. The second-order valence-corrected chi connectivity index (χ2v) is 7.98. The molecule has 2 aromatic carbocycles. The maximum absolute atomic E-state index is 13.0. The summed E-state index contributed by atoms with van der Waals surface area (Å²) in [5, 5.41) is 3.99. The van der Waals surface area contributed by atoms with Gasteiger partial charge in [0, 0.05) is 10.6 Å². The summed E-state index contributed by atoms with van der Waals surface area (Å²) in [4.78, 5) is 31.0. The average Bonchev–Trinajstić information content (AvgIpc) is 3.24. The van der Waals surface area contributed by atoms with E-state index >= 15 is 0 Å². The van der Waals surface area contributed by atoms with Crippen LogP contribution in [0.3, 0.4) is 0 Å². The first kappa shape index (κ1) is 19.8. The summed E-state index contributed by atoms with van der Waals surface area (Å²) in [6.07, 6.45) is 1.42. The Bertz CT molecular complexity index is 1110. The molecule has 0 spiro atoms. The van der Waals surface area contributed by atoms with Gasteiger partial charge in [-0.15, -0.1) is 0 Å². The molecule has 3 amide bonds. The second kappa shape index (κ2) is 7.37. The van der Waals surface area contributed by atoms with Gasteiger partial charge in [0.05, 0.1) is 22.3 Å². The standard InChI is InChI=1S/C20H14Cl3N3O3/c1-20(12-4-7-15(22)16(23)8-12)18(27)26(19(28)25-20)9-14-10-29-17(24-14)11-2-5-13(21)6-3-11/h2-8,10H,9H2,1H3,(H,25,28). The summed E-state index contributed by atoms with van der Waals surface area (Å²) >= 11 is 17.9. The zero-order valence-corrected chi connectivity index (χ0v) is 17.3. The largest absolute Gasteiger partial charge is 0.444 e. The van der Waals surface area contributed by atoms with Crippen molar-refractivity contribution in [3.63, 3.8) is 0 Å². The molecule has 3 aromatic rings. The lowest BCUT2D eigenvalue weighted by Crippen LogP contribution is -2.40. The minimum absolute atomic E-state index is 0.0291. The number of hydrogen-bond acceptors (Lipinski definition) is 4. The number of imide groups is 1. The Morgan fingerprint density at radius 3 is 2.48 bits per heavy atom. The van der Waals surface area contributed by atoms with E-state index in [1.165, 1.54) is 6.26 Å². The predicted molar refractivity (Wildman–Crippen MR) is 110 cm³/mol. The third kappa shape index (κ3) is 3.59. The van der Waals surface area contributed by atoms with Crippen molar-refractivity contribution >= 4 is 46.7 Å². The van der Waals surface area contributed by atoms with Crippen LogP contribution in [0.25, 0.3) is 11.5 Å². The minimum atomic E-state index is -1.26. The van der Waals surface area contributed by atoms with Crippen LogP contribution in [0.5, 0.6) is 0 Å². The van der Waals surface area contributed by atoms with Gasteiger partial charge < -0.3 is 9.73 Å². The fourth-order valence-electron chi connectivity index (χ4n) is 3.11. The van der Waals surface area contributed by atoms with Crippen molar-refractivity contribution in [1.82, 2.24) is 15.2 Å². The highest BCUT2D eigenvalue weighted by Crippen LogP contribution is 2.33. The van der Waals surface area contributed by atoms with Crippen LogP contribution in [0, 0.1) is 0 Å². The van der Waals surface area contributed by atoms with Gasteiger partial charge in [-0.05, 0) is 48.9 Å². The zero-order valence-electron chi connectivity index (χ0n) is 15.1. The summed E-state index contributed by atoms with van der Waals surface area (Å²) < 4.78 is 5.48. The third-order valence-corrected chi connectivity index (χ3v) is 5.73. The first-order valence-corrected chi connectivity index (χ1v) is 9.71. The van der Waals surface area contributed by atoms with Crippen LogP contribution < -0.4 is 5.32 Å². The molecule has 1 saturated heterocycles. The molecule has 0 radical (unpaired) electrons. The van der Waals surface area contributed by atoms with E-state index in [9.17, 15) is 9.59 Å². The highest BCUT2D eigenvalue weighted by Gasteiger charge is 2.49. The number of hydrogen-bond donors (Lipinski definition) is 1. The third-order valence-electron chi connectivity index (χ3n) is 4.73. The number of amides is 3. The molecule has 1 unspecified atom stereocenters. The van der Waals surface area contributed by atoms with Crippen molar-refractivity contribution in [1.29, 1.82) is 0 Å².